The minimum atomic E-state index is -0.482. The minimum absolute atomic E-state index is 0.0534. The van der Waals surface area contributed by atoms with Crippen molar-refractivity contribution < 1.29 is 4.79 Å². The Labute approximate surface area is 149 Å². The van der Waals surface area contributed by atoms with Gasteiger partial charge in [-0.1, -0.05) is 78.4 Å². The first kappa shape index (κ1) is 17.0. The van der Waals surface area contributed by atoms with Gasteiger partial charge in [0.25, 0.3) is 5.91 Å². The second-order valence-corrected chi connectivity index (χ2v) is 6.68. The maximum atomic E-state index is 12.8. The monoisotopic (exact) mass is 329 g/mol. The third-order valence-corrected chi connectivity index (χ3v) is 4.51. The maximum absolute atomic E-state index is 12.8. The van der Waals surface area contributed by atoms with Crippen LogP contribution >= 0.6 is 0 Å². The molecule has 1 N–H and O–H groups in total. The molecule has 1 amide bonds. The van der Waals surface area contributed by atoms with E-state index in [9.17, 15) is 4.79 Å². The van der Waals surface area contributed by atoms with Gasteiger partial charge in [-0.2, -0.15) is 0 Å². The van der Waals surface area contributed by atoms with E-state index in [1.165, 1.54) is 5.56 Å². The summed E-state index contributed by atoms with van der Waals surface area (Å²) in [6, 6.07) is 28.1. The van der Waals surface area contributed by atoms with Gasteiger partial charge < -0.3 is 5.32 Å². The molecular weight excluding hydrogens is 306 g/mol. The number of carbonyl (C=O) groups excluding carboxylic acids is 1. The second kappa shape index (κ2) is 7.35. The van der Waals surface area contributed by atoms with Crippen LogP contribution in [0, 0.1) is 6.92 Å². The highest BCUT2D eigenvalue weighted by Crippen LogP contribution is 2.26. The highest BCUT2D eigenvalue weighted by atomic mass is 16.1. The highest BCUT2D eigenvalue weighted by molar-refractivity contribution is 5.94. The molecule has 0 fully saturated rings. The van der Waals surface area contributed by atoms with Gasteiger partial charge in [0, 0.05) is 5.56 Å². The fraction of sp³-hybridized carbons (Fsp3) is 0.174. The third kappa shape index (κ3) is 4.16. The summed E-state index contributed by atoms with van der Waals surface area (Å²) in [5, 5.41) is 3.25. The predicted molar refractivity (Wildman–Crippen MR) is 103 cm³/mol. The van der Waals surface area contributed by atoms with Crippen molar-refractivity contribution in [2.24, 2.45) is 0 Å². The van der Waals surface area contributed by atoms with Crippen molar-refractivity contribution in [3.8, 4) is 0 Å². The molecule has 25 heavy (non-hydrogen) atoms. The Morgan fingerprint density at radius 2 is 1.40 bits per heavy atom. The van der Waals surface area contributed by atoms with E-state index < -0.39 is 5.54 Å². The summed E-state index contributed by atoms with van der Waals surface area (Å²) >= 11 is 0. The molecule has 0 aliphatic carbocycles. The van der Waals surface area contributed by atoms with E-state index in [2.05, 4.69) is 36.5 Å². The quantitative estimate of drug-likeness (QED) is 0.710. The molecule has 0 heterocycles. The molecule has 3 aromatic carbocycles. The Hall–Kier alpha value is -2.87. The SMILES string of the molecule is Cc1ccc(C(=O)NC(C)(Cc2ccccc2)c2ccccc2)cc1. The van der Waals surface area contributed by atoms with E-state index >= 15 is 0 Å². The molecule has 0 radical (unpaired) electrons. The molecule has 0 spiro atoms. The summed E-state index contributed by atoms with van der Waals surface area (Å²) in [6.07, 6.45) is 0.732. The van der Waals surface area contributed by atoms with Gasteiger partial charge in [-0.05, 0) is 43.5 Å². The van der Waals surface area contributed by atoms with Crippen molar-refractivity contribution in [1.29, 1.82) is 0 Å². The van der Waals surface area contributed by atoms with Crippen molar-refractivity contribution in [2.45, 2.75) is 25.8 Å². The predicted octanol–water partition coefficient (Wildman–Crippen LogP) is 4.88. The molecule has 1 atom stereocenters. The Bertz CT molecular complexity index is 825. The summed E-state index contributed by atoms with van der Waals surface area (Å²) in [5.41, 5.74) is 3.63. The zero-order valence-electron chi connectivity index (χ0n) is 14.7. The number of rotatable bonds is 5. The number of hydrogen-bond acceptors (Lipinski definition) is 1. The minimum Gasteiger partial charge on any atom is -0.342 e. The molecule has 0 aliphatic heterocycles. The first-order valence-corrected chi connectivity index (χ1v) is 8.55. The Balaban J connectivity index is 1.91. The topological polar surface area (TPSA) is 29.1 Å². The summed E-state index contributed by atoms with van der Waals surface area (Å²) < 4.78 is 0. The first-order chi connectivity index (χ1) is 12.1. The second-order valence-electron chi connectivity index (χ2n) is 6.68. The van der Waals surface area contributed by atoms with Gasteiger partial charge in [0.1, 0.15) is 0 Å². The standard InChI is InChI=1S/C23H23NO/c1-18-13-15-20(16-14-18)22(25)24-23(2,21-11-7-4-8-12-21)17-19-9-5-3-6-10-19/h3-16H,17H2,1-2H3,(H,24,25). The largest absolute Gasteiger partial charge is 0.342 e. The number of carbonyl (C=O) groups is 1. The van der Waals surface area contributed by atoms with Crippen LogP contribution in [0.15, 0.2) is 84.9 Å². The fourth-order valence-corrected chi connectivity index (χ4v) is 3.06. The van der Waals surface area contributed by atoms with E-state index in [0.717, 1.165) is 17.5 Å². The fourth-order valence-electron chi connectivity index (χ4n) is 3.06. The Morgan fingerprint density at radius 3 is 2.00 bits per heavy atom. The van der Waals surface area contributed by atoms with Crippen molar-refractivity contribution in [3.63, 3.8) is 0 Å². The molecule has 2 nitrogen and oxygen atoms in total. The molecule has 1 unspecified atom stereocenters. The molecule has 0 saturated heterocycles. The molecule has 0 saturated carbocycles. The van der Waals surface area contributed by atoms with Crippen LogP contribution in [-0.2, 0) is 12.0 Å². The average molecular weight is 329 g/mol. The lowest BCUT2D eigenvalue weighted by Gasteiger charge is -2.32. The first-order valence-electron chi connectivity index (χ1n) is 8.55. The number of aryl methyl sites for hydroxylation is 1. The van der Waals surface area contributed by atoms with Crippen LogP contribution < -0.4 is 5.32 Å². The van der Waals surface area contributed by atoms with Crippen LogP contribution in [0.5, 0.6) is 0 Å². The van der Waals surface area contributed by atoms with Crippen LogP contribution in [-0.4, -0.2) is 5.91 Å². The Kier molecular flexibility index (Phi) is 4.99. The summed E-state index contributed by atoms with van der Waals surface area (Å²) in [4.78, 5) is 12.8. The van der Waals surface area contributed by atoms with Crippen molar-refractivity contribution in [1.82, 2.24) is 5.32 Å². The van der Waals surface area contributed by atoms with Gasteiger partial charge in [0.2, 0.25) is 0 Å². The Morgan fingerprint density at radius 1 is 0.840 bits per heavy atom. The van der Waals surface area contributed by atoms with Crippen LogP contribution in [0.3, 0.4) is 0 Å². The zero-order chi connectivity index (χ0) is 17.7. The van der Waals surface area contributed by atoms with Crippen LogP contribution in [0.25, 0.3) is 0 Å². The lowest BCUT2D eigenvalue weighted by molar-refractivity contribution is 0.0904. The van der Waals surface area contributed by atoms with Crippen molar-refractivity contribution in [3.05, 3.63) is 107 Å². The van der Waals surface area contributed by atoms with E-state index in [1.54, 1.807) is 0 Å². The lowest BCUT2D eigenvalue weighted by atomic mass is 9.85. The molecule has 0 aromatic heterocycles. The molecule has 126 valence electrons. The normalized spacial score (nSPS) is 13.0. The van der Waals surface area contributed by atoms with Gasteiger partial charge in [-0.3, -0.25) is 4.79 Å². The van der Waals surface area contributed by atoms with Gasteiger partial charge in [-0.25, -0.2) is 0 Å². The lowest BCUT2D eigenvalue weighted by Crippen LogP contribution is -2.45. The number of benzene rings is 3. The number of amides is 1. The zero-order valence-corrected chi connectivity index (χ0v) is 14.7. The summed E-state index contributed by atoms with van der Waals surface area (Å²) in [5.74, 6) is -0.0534. The molecule has 2 heteroatoms. The molecule has 3 rings (SSSR count). The van der Waals surface area contributed by atoms with Gasteiger partial charge in [-0.15, -0.1) is 0 Å². The maximum Gasteiger partial charge on any atom is 0.251 e. The highest BCUT2D eigenvalue weighted by Gasteiger charge is 2.29. The number of nitrogens with one attached hydrogen (secondary N) is 1. The van der Waals surface area contributed by atoms with Gasteiger partial charge in [0.05, 0.1) is 5.54 Å². The summed E-state index contributed by atoms with van der Waals surface area (Å²) in [6.45, 7) is 4.10. The van der Waals surface area contributed by atoms with E-state index in [4.69, 9.17) is 0 Å². The summed E-state index contributed by atoms with van der Waals surface area (Å²) in [7, 11) is 0. The van der Waals surface area contributed by atoms with E-state index in [0.29, 0.717) is 5.56 Å². The van der Waals surface area contributed by atoms with Crippen LogP contribution in [0.1, 0.15) is 34.0 Å². The molecule has 3 aromatic rings. The van der Waals surface area contributed by atoms with Crippen molar-refractivity contribution >= 4 is 5.91 Å². The average Bonchev–Trinajstić information content (AvgIpc) is 2.63. The van der Waals surface area contributed by atoms with Crippen LogP contribution in [0.2, 0.25) is 0 Å². The van der Waals surface area contributed by atoms with E-state index in [-0.39, 0.29) is 5.91 Å². The molecule has 0 bridgehead atoms. The smallest absolute Gasteiger partial charge is 0.251 e. The third-order valence-electron chi connectivity index (χ3n) is 4.51. The number of hydrogen-bond donors (Lipinski definition) is 1. The van der Waals surface area contributed by atoms with Crippen molar-refractivity contribution in [2.75, 3.05) is 0 Å². The van der Waals surface area contributed by atoms with Gasteiger partial charge >= 0.3 is 0 Å². The van der Waals surface area contributed by atoms with Gasteiger partial charge in [0.15, 0.2) is 0 Å². The van der Waals surface area contributed by atoms with Crippen LogP contribution in [0.4, 0.5) is 0 Å². The molecular formula is C23H23NO. The van der Waals surface area contributed by atoms with E-state index in [1.807, 2.05) is 67.6 Å². The molecule has 0 aliphatic rings.